The van der Waals surface area contributed by atoms with Crippen molar-refractivity contribution in [3.8, 4) is 5.75 Å². The molecular weight excluding hydrogens is 306 g/mol. The third-order valence-electron chi connectivity index (χ3n) is 3.81. The molecule has 4 N–H and O–H groups in total. The molecule has 0 aliphatic carbocycles. The van der Waals surface area contributed by atoms with Gasteiger partial charge in [-0.05, 0) is 12.1 Å². The third-order valence-corrected chi connectivity index (χ3v) is 3.81. The van der Waals surface area contributed by atoms with Crippen molar-refractivity contribution < 1.29 is 14.6 Å². The first-order valence-electron chi connectivity index (χ1n) is 7.38. The van der Waals surface area contributed by atoms with Crippen molar-refractivity contribution in [2.75, 3.05) is 18.2 Å². The molecular formula is C18H17N3O3. The van der Waals surface area contributed by atoms with E-state index in [1.165, 1.54) is 6.20 Å². The third kappa shape index (κ3) is 2.81. The van der Waals surface area contributed by atoms with Crippen LogP contribution >= 0.6 is 0 Å². The number of pyridine rings is 1. The number of nitrogens with one attached hydrogen (secondary N) is 1. The van der Waals surface area contributed by atoms with Gasteiger partial charge in [0.1, 0.15) is 11.3 Å². The van der Waals surface area contributed by atoms with Gasteiger partial charge in [0.15, 0.2) is 0 Å². The van der Waals surface area contributed by atoms with Crippen LogP contribution in [0.3, 0.4) is 0 Å². The number of carboxylic acids is 1. The maximum Gasteiger partial charge on any atom is 0.339 e. The topological polar surface area (TPSA) is 97.5 Å². The van der Waals surface area contributed by atoms with Gasteiger partial charge < -0.3 is 20.9 Å². The number of carboxylic acid groups (broad SMARTS) is 1. The van der Waals surface area contributed by atoms with Gasteiger partial charge in [0, 0.05) is 23.7 Å². The van der Waals surface area contributed by atoms with E-state index < -0.39 is 5.97 Å². The largest absolute Gasteiger partial charge is 0.496 e. The number of hydrogen-bond acceptors (Lipinski definition) is 5. The fourth-order valence-electron chi connectivity index (χ4n) is 2.63. The number of nitrogens with zero attached hydrogens (tertiary/aromatic N) is 1. The number of nitrogen functional groups attached to an aromatic ring is 1. The zero-order valence-corrected chi connectivity index (χ0v) is 13.1. The highest BCUT2D eigenvalue weighted by Crippen LogP contribution is 2.30. The van der Waals surface area contributed by atoms with Crippen LogP contribution in [0.1, 0.15) is 15.9 Å². The van der Waals surface area contributed by atoms with Gasteiger partial charge >= 0.3 is 5.97 Å². The van der Waals surface area contributed by atoms with Crippen LogP contribution in [0.2, 0.25) is 0 Å². The number of aromatic carboxylic acids is 1. The molecule has 0 aliphatic heterocycles. The second kappa shape index (κ2) is 6.45. The summed E-state index contributed by atoms with van der Waals surface area (Å²) < 4.78 is 5.33. The van der Waals surface area contributed by atoms with E-state index in [1.807, 2.05) is 24.3 Å². The van der Waals surface area contributed by atoms with Crippen LogP contribution in [0.15, 0.2) is 48.7 Å². The van der Waals surface area contributed by atoms with Crippen molar-refractivity contribution in [2.45, 2.75) is 6.54 Å². The van der Waals surface area contributed by atoms with E-state index in [4.69, 9.17) is 10.5 Å². The Morgan fingerprint density at radius 2 is 2.04 bits per heavy atom. The van der Waals surface area contributed by atoms with Crippen LogP contribution < -0.4 is 15.8 Å². The predicted molar refractivity (Wildman–Crippen MR) is 93.4 cm³/mol. The van der Waals surface area contributed by atoms with Gasteiger partial charge in [-0.2, -0.15) is 0 Å². The Hall–Kier alpha value is -3.28. The summed E-state index contributed by atoms with van der Waals surface area (Å²) in [5.74, 6) is -0.311. The molecule has 0 radical (unpaired) electrons. The van der Waals surface area contributed by atoms with E-state index >= 15 is 0 Å². The predicted octanol–water partition coefficient (Wildman–Crippen LogP) is 3.14. The first-order chi connectivity index (χ1) is 11.6. The minimum atomic E-state index is -1.05. The quantitative estimate of drug-likeness (QED) is 0.624. The van der Waals surface area contributed by atoms with Crippen LogP contribution in [0.4, 0.5) is 11.4 Å². The number of rotatable bonds is 5. The molecule has 3 rings (SSSR count). The highest BCUT2D eigenvalue weighted by Gasteiger charge is 2.16. The molecule has 3 aromatic rings. The number of anilines is 2. The Morgan fingerprint density at radius 3 is 2.79 bits per heavy atom. The monoisotopic (exact) mass is 323 g/mol. The Kier molecular flexibility index (Phi) is 4.20. The molecule has 1 aromatic heterocycles. The molecule has 2 aromatic carbocycles. The van der Waals surface area contributed by atoms with Crippen LogP contribution in [-0.2, 0) is 6.54 Å². The SMILES string of the molecule is COc1ccccc1CNc1c(C(=O)O)cnc2c(N)cccc12. The lowest BCUT2D eigenvalue weighted by molar-refractivity contribution is 0.0697. The van der Waals surface area contributed by atoms with Gasteiger partial charge in [0.2, 0.25) is 0 Å². The number of para-hydroxylation sites is 2. The average Bonchev–Trinajstić information content (AvgIpc) is 2.60. The van der Waals surface area contributed by atoms with Crippen molar-refractivity contribution in [3.63, 3.8) is 0 Å². The van der Waals surface area contributed by atoms with Gasteiger partial charge in [-0.1, -0.05) is 30.3 Å². The maximum atomic E-state index is 11.5. The van der Waals surface area contributed by atoms with E-state index in [0.29, 0.717) is 28.8 Å². The van der Waals surface area contributed by atoms with Crippen LogP contribution in [0, 0.1) is 0 Å². The lowest BCUT2D eigenvalue weighted by Gasteiger charge is -2.15. The summed E-state index contributed by atoms with van der Waals surface area (Å²) in [4.78, 5) is 15.7. The van der Waals surface area contributed by atoms with Crippen molar-refractivity contribution in [2.24, 2.45) is 0 Å². The summed E-state index contributed by atoms with van der Waals surface area (Å²) in [7, 11) is 1.60. The standard InChI is InChI=1S/C18H17N3O3/c1-24-15-8-3-2-5-11(15)9-20-16-12-6-4-7-14(19)17(12)21-10-13(16)18(22)23/h2-8,10H,9,19H2,1H3,(H,20,21)(H,22,23). The second-order valence-electron chi connectivity index (χ2n) is 5.26. The highest BCUT2D eigenvalue weighted by molar-refractivity contribution is 6.06. The molecule has 0 saturated carbocycles. The number of fused-ring (bicyclic) bond motifs is 1. The van der Waals surface area contributed by atoms with Gasteiger partial charge in [0.05, 0.1) is 24.0 Å². The van der Waals surface area contributed by atoms with Crippen molar-refractivity contribution in [1.82, 2.24) is 4.98 Å². The molecule has 0 saturated heterocycles. The molecule has 1 heterocycles. The summed E-state index contributed by atoms with van der Waals surface area (Å²) in [5, 5.41) is 13.3. The highest BCUT2D eigenvalue weighted by atomic mass is 16.5. The maximum absolute atomic E-state index is 11.5. The van der Waals surface area contributed by atoms with Gasteiger partial charge in [0.25, 0.3) is 0 Å². The first-order valence-corrected chi connectivity index (χ1v) is 7.38. The molecule has 6 nitrogen and oxygen atoms in total. The number of hydrogen-bond donors (Lipinski definition) is 3. The van der Waals surface area contributed by atoms with Gasteiger partial charge in [-0.3, -0.25) is 4.98 Å². The van der Waals surface area contributed by atoms with Crippen LogP contribution in [0.25, 0.3) is 10.9 Å². The molecule has 0 aliphatic rings. The number of nitrogens with two attached hydrogens (primary N) is 1. The van der Waals surface area contributed by atoms with E-state index in [9.17, 15) is 9.90 Å². The Labute approximate surface area is 138 Å². The second-order valence-corrected chi connectivity index (χ2v) is 5.26. The lowest BCUT2D eigenvalue weighted by Crippen LogP contribution is -2.09. The Balaban J connectivity index is 2.05. The molecule has 0 fully saturated rings. The van der Waals surface area contributed by atoms with E-state index in [2.05, 4.69) is 10.3 Å². The van der Waals surface area contributed by atoms with Gasteiger partial charge in [-0.15, -0.1) is 0 Å². The minimum absolute atomic E-state index is 0.1000. The average molecular weight is 323 g/mol. The molecule has 122 valence electrons. The van der Waals surface area contributed by atoms with E-state index in [-0.39, 0.29) is 5.56 Å². The number of ether oxygens (including phenoxy) is 1. The molecule has 0 amide bonds. The number of carbonyl (C=O) groups is 1. The fourth-order valence-corrected chi connectivity index (χ4v) is 2.63. The molecule has 24 heavy (non-hydrogen) atoms. The molecule has 0 unspecified atom stereocenters. The van der Waals surface area contributed by atoms with Crippen molar-refractivity contribution in [1.29, 1.82) is 0 Å². The van der Waals surface area contributed by atoms with Crippen molar-refractivity contribution in [3.05, 3.63) is 59.8 Å². The zero-order valence-electron chi connectivity index (χ0n) is 13.1. The number of aromatic nitrogens is 1. The molecule has 0 bridgehead atoms. The number of benzene rings is 2. The Bertz CT molecular complexity index is 909. The fraction of sp³-hybridized carbons (Fsp3) is 0.111. The smallest absolute Gasteiger partial charge is 0.339 e. The van der Waals surface area contributed by atoms with E-state index in [0.717, 1.165) is 11.3 Å². The van der Waals surface area contributed by atoms with Crippen molar-refractivity contribution >= 4 is 28.2 Å². The minimum Gasteiger partial charge on any atom is -0.496 e. The summed E-state index contributed by atoms with van der Waals surface area (Å²) in [6.45, 7) is 0.415. The summed E-state index contributed by atoms with van der Waals surface area (Å²) in [6.07, 6.45) is 1.32. The molecule has 6 heteroatoms. The molecule has 0 atom stereocenters. The lowest BCUT2D eigenvalue weighted by atomic mass is 10.1. The Morgan fingerprint density at radius 1 is 1.25 bits per heavy atom. The van der Waals surface area contributed by atoms with Crippen LogP contribution in [-0.4, -0.2) is 23.2 Å². The number of methoxy groups -OCH3 is 1. The van der Waals surface area contributed by atoms with E-state index in [1.54, 1.807) is 25.3 Å². The first kappa shape index (κ1) is 15.6. The summed E-state index contributed by atoms with van der Waals surface area (Å²) >= 11 is 0. The summed E-state index contributed by atoms with van der Waals surface area (Å²) in [5.41, 5.74) is 8.54. The normalized spacial score (nSPS) is 10.5. The zero-order chi connectivity index (χ0) is 17.1. The van der Waals surface area contributed by atoms with Crippen LogP contribution in [0.5, 0.6) is 5.75 Å². The summed E-state index contributed by atoms with van der Waals surface area (Å²) in [6, 6.07) is 12.9. The van der Waals surface area contributed by atoms with Gasteiger partial charge in [-0.25, -0.2) is 4.79 Å². The molecule has 0 spiro atoms.